The maximum Gasteiger partial charge on any atom is 0.235 e. The van der Waals surface area contributed by atoms with Crippen LogP contribution in [0.25, 0.3) is 0 Å². The van der Waals surface area contributed by atoms with Gasteiger partial charge < -0.3 is 14.4 Å². The highest BCUT2D eigenvalue weighted by Gasteiger charge is 2.32. The minimum absolute atomic E-state index is 0.0539. The molecule has 0 aliphatic carbocycles. The van der Waals surface area contributed by atoms with Gasteiger partial charge in [-0.25, -0.2) is 0 Å². The number of thioether (sulfide) groups is 1. The summed E-state index contributed by atoms with van der Waals surface area (Å²) in [6.07, 6.45) is 1.87. The van der Waals surface area contributed by atoms with Crippen LogP contribution in [0, 0.1) is 5.92 Å². The predicted molar refractivity (Wildman–Crippen MR) is 94.5 cm³/mol. The molecule has 1 aromatic carbocycles. The molecule has 3 rings (SSSR count). The van der Waals surface area contributed by atoms with Gasteiger partial charge in [0.25, 0.3) is 0 Å². The summed E-state index contributed by atoms with van der Waals surface area (Å²) in [7, 11) is 0. The molecule has 0 aromatic heterocycles. The van der Waals surface area contributed by atoms with E-state index in [1.54, 1.807) is 11.8 Å². The maximum absolute atomic E-state index is 12.6. The average Bonchev–Trinajstić information content (AvgIpc) is 3.11. The molecule has 126 valence electrons. The van der Waals surface area contributed by atoms with E-state index in [1.807, 2.05) is 36.1 Å². The number of hydrogen-bond acceptors (Lipinski definition) is 4. The Labute approximate surface area is 150 Å². The first kappa shape index (κ1) is 17.3. The third-order valence-corrected chi connectivity index (χ3v) is 5.99. The van der Waals surface area contributed by atoms with Gasteiger partial charge in [0.2, 0.25) is 5.91 Å². The zero-order valence-electron chi connectivity index (χ0n) is 13.2. The van der Waals surface area contributed by atoms with E-state index < -0.39 is 0 Å². The number of benzene rings is 1. The normalized spacial score (nSPS) is 21.6. The summed E-state index contributed by atoms with van der Waals surface area (Å²) in [4.78, 5) is 15.7. The van der Waals surface area contributed by atoms with Crippen LogP contribution in [0.2, 0.25) is 0 Å². The van der Waals surface area contributed by atoms with Crippen molar-refractivity contribution < 1.29 is 14.3 Å². The van der Waals surface area contributed by atoms with Gasteiger partial charge in [0.15, 0.2) is 6.29 Å². The summed E-state index contributed by atoms with van der Waals surface area (Å²) in [6.45, 7) is 5.00. The zero-order chi connectivity index (χ0) is 16.2. The van der Waals surface area contributed by atoms with Crippen LogP contribution in [0.3, 0.4) is 0 Å². The molecular formula is C17H22BrNO3S. The Hall–Kier alpha value is -0.560. The zero-order valence-corrected chi connectivity index (χ0v) is 15.6. The van der Waals surface area contributed by atoms with Crippen molar-refractivity contribution in [3.05, 3.63) is 28.7 Å². The predicted octanol–water partition coefficient (Wildman–Crippen LogP) is 3.54. The number of carbonyl (C=O) groups excluding carboxylic acids is 1. The topological polar surface area (TPSA) is 38.8 Å². The molecule has 0 N–H and O–H groups in total. The highest BCUT2D eigenvalue weighted by Crippen LogP contribution is 2.29. The lowest BCUT2D eigenvalue weighted by Gasteiger charge is -2.35. The molecule has 1 amide bonds. The molecule has 23 heavy (non-hydrogen) atoms. The summed E-state index contributed by atoms with van der Waals surface area (Å²) in [6, 6.07) is 8.10. The van der Waals surface area contributed by atoms with Gasteiger partial charge >= 0.3 is 0 Å². The van der Waals surface area contributed by atoms with Gasteiger partial charge in [0.05, 0.1) is 18.5 Å². The van der Waals surface area contributed by atoms with Crippen molar-refractivity contribution in [2.24, 2.45) is 5.92 Å². The summed E-state index contributed by atoms with van der Waals surface area (Å²) < 4.78 is 12.2. The van der Waals surface area contributed by atoms with Crippen LogP contribution >= 0.6 is 27.7 Å². The number of piperidine rings is 1. The third-order valence-electron chi connectivity index (χ3n) is 4.36. The smallest absolute Gasteiger partial charge is 0.235 e. The van der Waals surface area contributed by atoms with Crippen LogP contribution in [-0.4, -0.2) is 48.7 Å². The molecule has 1 aromatic rings. The molecule has 0 saturated carbocycles. The highest BCUT2D eigenvalue weighted by molar-refractivity contribution is 9.10. The molecule has 2 heterocycles. The van der Waals surface area contributed by atoms with Gasteiger partial charge in [-0.05, 0) is 44.0 Å². The Balaban J connectivity index is 1.49. The van der Waals surface area contributed by atoms with Gasteiger partial charge in [-0.2, -0.15) is 0 Å². The monoisotopic (exact) mass is 399 g/mol. The number of amides is 1. The van der Waals surface area contributed by atoms with Crippen LogP contribution < -0.4 is 0 Å². The van der Waals surface area contributed by atoms with E-state index in [0.29, 0.717) is 19.1 Å². The quantitative estimate of drug-likeness (QED) is 0.725. The largest absolute Gasteiger partial charge is 0.350 e. The van der Waals surface area contributed by atoms with E-state index >= 15 is 0 Å². The number of ether oxygens (including phenoxy) is 2. The van der Waals surface area contributed by atoms with Crippen molar-refractivity contribution in [1.29, 1.82) is 0 Å². The Morgan fingerprint density at radius 3 is 2.43 bits per heavy atom. The summed E-state index contributed by atoms with van der Waals surface area (Å²) >= 11 is 5.05. The van der Waals surface area contributed by atoms with Crippen LogP contribution in [0.1, 0.15) is 19.8 Å². The standard InChI is InChI=1S/C17H22BrNO3S/c1-12(23-15-4-2-14(18)3-5-15)16(20)19-8-6-13(7-9-19)17-21-10-11-22-17/h2-5,12-13,17H,6-11H2,1H3. The second-order valence-electron chi connectivity index (χ2n) is 5.99. The molecule has 0 radical (unpaired) electrons. The van der Waals surface area contributed by atoms with E-state index in [4.69, 9.17) is 9.47 Å². The number of hydrogen-bond donors (Lipinski definition) is 0. The SMILES string of the molecule is CC(Sc1ccc(Br)cc1)C(=O)N1CCC(C2OCCO2)CC1. The third kappa shape index (κ3) is 4.50. The Bertz CT molecular complexity index is 525. The second kappa shape index (κ2) is 8.01. The van der Waals surface area contributed by atoms with Crippen molar-refractivity contribution in [3.63, 3.8) is 0 Å². The molecule has 6 heteroatoms. The van der Waals surface area contributed by atoms with Gasteiger partial charge in [0.1, 0.15) is 0 Å². The number of carbonyl (C=O) groups is 1. The minimum Gasteiger partial charge on any atom is -0.350 e. The molecule has 2 fully saturated rings. The van der Waals surface area contributed by atoms with Crippen molar-refractivity contribution >= 4 is 33.6 Å². The Kier molecular flexibility index (Phi) is 6.01. The number of rotatable bonds is 4. The Morgan fingerprint density at radius 1 is 1.22 bits per heavy atom. The lowest BCUT2D eigenvalue weighted by molar-refractivity contribution is -0.136. The van der Waals surface area contributed by atoms with Gasteiger partial charge in [-0.1, -0.05) is 15.9 Å². The van der Waals surface area contributed by atoms with Crippen LogP contribution in [-0.2, 0) is 14.3 Å². The second-order valence-corrected chi connectivity index (χ2v) is 8.32. The summed E-state index contributed by atoms with van der Waals surface area (Å²) in [5.74, 6) is 0.653. The molecule has 4 nitrogen and oxygen atoms in total. The molecule has 0 spiro atoms. The van der Waals surface area contributed by atoms with E-state index in [1.165, 1.54) is 0 Å². The van der Waals surface area contributed by atoms with E-state index in [2.05, 4.69) is 15.9 Å². The molecule has 2 aliphatic heterocycles. The summed E-state index contributed by atoms with van der Waals surface area (Å²) in [5, 5.41) is -0.0632. The minimum atomic E-state index is -0.0632. The Morgan fingerprint density at radius 2 is 1.83 bits per heavy atom. The van der Waals surface area contributed by atoms with Gasteiger partial charge in [0, 0.05) is 28.4 Å². The van der Waals surface area contributed by atoms with Crippen molar-refractivity contribution in [2.45, 2.75) is 36.2 Å². The first-order chi connectivity index (χ1) is 11.1. The fourth-order valence-corrected chi connectivity index (χ4v) is 4.28. The maximum atomic E-state index is 12.6. The van der Waals surface area contributed by atoms with Crippen LogP contribution in [0.4, 0.5) is 0 Å². The number of halogens is 1. The first-order valence-corrected chi connectivity index (χ1v) is 9.75. The first-order valence-electron chi connectivity index (χ1n) is 8.07. The molecule has 1 atom stereocenters. The lowest BCUT2D eigenvalue weighted by Crippen LogP contribution is -2.44. The van der Waals surface area contributed by atoms with E-state index in [9.17, 15) is 4.79 Å². The lowest BCUT2D eigenvalue weighted by atomic mass is 9.96. The molecule has 1 unspecified atom stereocenters. The average molecular weight is 400 g/mol. The summed E-state index contributed by atoms with van der Waals surface area (Å²) in [5.41, 5.74) is 0. The fraction of sp³-hybridized carbons (Fsp3) is 0.588. The van der Waals surface area contributed by atoms with Crippen molar-refractivity contribution in [1.82, 2.24) is 4.90 Å². The molecule has 0 bridgehead atoms. The highest BCUT2D eigenvalue weighted by atomic mass is 79.9. The van der Waals surface area contributed by atoms with Crippen molar-refractivity contribution in [3.8, 4) is 0 Å². The number of nitrogens with zero attached hydrogens (tertiary/aromatic N) is 1. The van der Waals surface area contributed by atoms with Gasteiger partial charge in [-0.15, -0.1) is 11.8 Å². The molecule has 2 saturated heterocycles. The molecular weight excluding hydrogens is 378 g/mol. The number of likely N-dealkylation sites (tertiary alicyclic amines) is 1. The van der Waals surface area contributed by atoms with Crippen molar-refractivity contribution in [2.75, 3.05) is 26.3 Å². The molecule has 2 aliphatic rings. The van der Waals surface area contributed by atoms with E-state index in [0.717, 1.165) is 35.3 Å². The van der Waals surface area contributed by atoms with Crippen LogP contribution in [0.5, 0.6) is 0 Å². The fourth-order valence-electron chi connectivity index (χ4n) is 3.07. The van der Waals surface area contributed by atoms with Gasteiger partial charge in [-0.3, -0.25) is 4.79 Å². The van der Waals surface area contributed by atoms with E-state index in [-0.39, 0.29) is 17.4 Å². The van der Waals surface area contributed by atoms with Crippen LogP contribution in [0.15, 0.2) is 33.6 Å².